The van der Waals surface area contributed by atoms with Gasteiger partial charge in [0.25, 0.3) is 0 Å². The van der Waals surface area contributed by atoms with E-state index in [4.69, 9.17) is 4.74 Å². The predicted octanol–water partition coefficient (Wildman–Crippen LogP) is 1.20. The molecule has 0 spiro atoms. The molecule has 0 bridgehead atoms. The van der Waals surface area contributed by atoms with E-state index in [9.17, 15) is 9.59 Å². The van der Waals surface area contributed by atoms with Gasteiger partial charge in [0.15, 0.2) is 0 Å². The van der Waals surface area contributed by atoms with Crippen molar-refractivity contribution in [2.75, 3.05) is 26.2 Å². The van der Waals surface area contributed by atoms with Crippen molar-refractivity contribution in [1.29, 1.82) is 0 Å². The third-order valence-corrected chi connectivity index (χ3v) is 2.74. The highest BCUT2D eigenvalue weighted by Crippen LogP contribution is 2.15. The van der Waals surface area contributed by atoms with Crippen molar-refractivity contribution in [3.8, 4) is 5.75 Å². The molecule has 0 fully saturated rings. The minimum absolute atomic E-state index is 0.106. The van der Waals surface area contributed by atoms with Gasteiger partial charge < -0.3 is 20.7 Å². The Kier molecular flexibility index (Phi) is 7.71. The van der Waals surface area contributed by atoms with Crippen molar-refractivity contribution in [2.45, 2.75) is 20.3 Å². The number of benzene rings is 1. The fourth-order valence-corrected chi connectivity index (χ4v) is 1.65. The van der Waals surface area contributed by atoms with Crippen LogP contribution < -0.4 is 20.7 Å². The van der Waals surface area contributed by atoms with E-state index in [1.165, 1.54) is 6.92 Å². The lowest BCUT2D eigenvalue weighted by molar-refractivity contribution is -0.118. The maximum Gasteiger partial charge on any atom is 0.314 e. The van der Waals surface area contributed by atoms with Gasteiger partial charge in [-0.25, -0.2) is 4.79 Å². The van der Waals surface area contributed by atoms with Gasteiger partial charge in [-0.15, -0.1) is 0 Å². The van der Waals surface area contributed by atoms with Crippen molar-refractivity contribution >= 4 is 11.9 Å². The van der Waals surface area contributed by atoms with Crippen LogP contribution in [0.2, 0.25) is 0 Å². The molecular formula is C15H23N3O3. The Labute approximate surface area is 125 Å². The Balaban J connectivity index is 2.02. The maximum atomic E-state index is 11.4. The fourth-order valence-electron chi connectivity index (χ4n) is 1.65. The summed E-state index contributed by atoms with van der Waals surface area (Å²) in [7, 11) is 0. The second kappa shape index (κ2) is 9.63. The first kappa shape index (κ1) is 16.8. The molecule has 6 heteroatoms. The number of urea groups is 1. The standard InChI is InChI=1S/C15H23N3O3/c1-12-6-3-4-7-14(12)21-11-5-8-17-15(20)18-10-9-16-13(2)19/h3-4,6-7H,5,8-11H2,1-2H3,(H,16,19)(H2,17,18,20). The number of rotatable bonds is 8. The van der Waals surface area contributed by atoms with Crippen LogP contribution in [0.1, 0.15) is 18.9 Å². The number of carbonyl (C=O) groups is 2. The van der Waals surface area contributed by atoms with E-state index in [-0.39, 0.29) is 11.9 Å². The molecule has 0 aliphatic carbocycles. The largest absolute Gasteiger partial charge is 0.493 e. The molecule has 0 radical (unpaired) electrons. The first-order valence-corrected chi connectivity index (χ1v) is 7.04. The van der Waals surface area contributed by atoms with Crippen LogP contribution in [0.4, 0.5) is 4.79 Å². The zero-order valence-electron chi connectivity index (χ0n) is 12.6. The number of hydrogen-bond donors (Lipinski definition) is 3. The lowest BCUT2D eigenvalue weighted by atomic mass is 10.2. The summed E-state index contributed by atoms with van der Waals surface area (Å²) in [6.45, 7) is 5.36. The average Bonchev–Trinajstić information content (AvgIpc) is 2.45. The first-order valence-electron chi connectivity index (χ1n) is 7.04. The molecule has 0 atom stereocenters. The molecule has 0 heterocycles. The van der Waals surface area contributed by atoms with Crippen LogP contribution >= 0.6 is 0 Å². The zero-order valence-corrected chi connectivity index (χ0v) is 12.6. The van der Waals surface area contributed by atoms with E-state index >= 15 is 0 Å². The summed E-state index contributed by atoms with van der Waals surface area (Å²) in [6, 6.07) is 7.59. The molecule has 116 valence electrons. The van der Waals surface area contributed by atoms with Crippen molar-refractivity contribution in [3.05, 3.63) is 29.8 Å². The van der Waals surface area contributed by atoms with Gasteiger partial charge in [-0.3, -0.25) is 4.79 Å². The molecule has 1 aromatic rings. The van der Waals surface area contributed by atoms with Crippen LogP contribution in [0, 0.1) is 6.92 Å². The summed E-state index contributed by atoms with van der Waals surface area (Å²) in [6.07, 6.45) is 0.730. The second-order valence-corrected chi connectivity index (χ2v) is 4.63. The highest BCUT2D eigenvalue weighted by molar-refractivity contribution is 5.74. The van der Waals surface area contributed by atoms with Crippen LogP contribution in [0.25, 0.3) is 0 Å². The lowest BCUT2D eigenvalue weighted by Crippen LogP contribution is -2.40. The first-order chi connectivity index (χ1) is 10.1. The summed E-state index contributed by atoms with van der Waals surface area (Å²) in [4.78, 5) is 22.0. The van der Waals surface area contributed by atoms with Gasteiger partial charge in [0.05, 0.1) is 6.61 Å². The lowest BCUT2D eigenvalue weighted by Gasteiger charge is -2.10. The molecule has 0 saturated carbocycles. The van der Waals surface area contributed by atoms with Crippen LogP contribution in [-0.4, -0.2) is 38.2 Å². The summed E-state index contributed by atoms with van der Waals surface area (Å²) < 4.78 is 5.62. The van der Waals surface area contributed by atoms with Crippen molar-refractivity contribution < 1.29 is 14.3 Å². The normalized spacial score (nSPS) is 9.81. The highest BCUT2D eigenvalue weighted by Gasteiger charge is 2.00. The monoisotopic (exact) mass is 293 g/mol. The van der Waals surface area contributed by atoms with Crippen LogP contribution in [-0.2, 0) is 4.79 Å². The number of ether oxygens (including phenoxy) is 1. The minimum Gasteiger partial charge on any atom is -0.493 e. The van der Waals surface area contributed by atoms with E-state index in [1.807, 2.05) is 31.2 Å². The summed E-state index contributed by atoms with van der Waals surface area (Å²) in [5, 5.41) is 7.98. The number of hydrogen-bond acceptors (Lipinski definition) is 3. The Morgan fingerprint density at radius 2 is 1.71 bits per heavy atom. The van der Waals surface area contributed by atoms with Gasteiger partial charge in [0, 0.05) is 26.6 Å². The van der Waals surface area contributed by atoms with Gasteiger partial charge in [0.1, 0.15) is 5.75 Å². The van der Waals surface area contributed by atoms with Gasteiger partial charge in [0.2, 0.25) is 5.91 Å². The number of para-hydroxylation sites is 1. The number of carbonyl (C=O) groups excluding carboxylic acids is 2. The second-order valence-electron chi connectivity index (χ2n) is 4.63. The molecule has 1 aromatic carbocycles. The molecule has 3 N–H and O–H groups in total. The Bertz CT molecular complexity index is 463. The molecule has 0 aliphatic rings. The van der Waals surface area contributed by atoms with Crippen LogP contribution in [0.3, 0.4) is 0 Å². The molecule has 0 aromatic heterocycles. The molecule has 0 unspecified atom stereocenters. The average molecular weight is 293 g/mol. The van der Waals surface area contributed by atoms with Crippen LogP contribution in [0.15, 0.2) is 24.3 Å². The zero-order chi connectivity index (χ0) is 15.5. The Morgan fingerprint density at radius 1 is 1.05 bits per heavy atom. The Hall–Kier alpha value is -2.24. The van der Waals surface area contributed by atoms with E-state index < -0.39 is 0 Å². The van der Waals surface area contributed by atoms with Gasteiger partial charge in [-0.1, -0.05) is 18.2 Å². The van der Waals surface area contributed by atoms with Gasteiger partial charge in [-0.2, -0.15) is 0 Å². The smallest absolute Gasteiger partial charge is 0.314 e. The van der Waals surface area contributed by atoms with E-state index in [2.05, 4.69) is 16.0 Å². The SMILES string of the molecule is CC(=O)NCCNC(=O)NCCCOc1ccccc1C. The highest BCUT2D eigenvalue weighted by atomic mass is 16.5. The minimum atomic E-state index is -0.240. The maximum absolute atomic E-state index is 11.4. The van der Waals surface area contributed by atoms with E-state index in [0.29, 0.717) is 26.2 Å². The molecule has 0 aliphatic heterocycles. The molecule has 3 amide bonds. The number of amides is 3. The predicted molar refractivity (Wildman–Crippen MR) is 81.4 cm³/mol. The fraction of sp³-hybridized carbons (Fsp3) is 0.467. The topological polar surface area (TPSA) is 79.5 Å². The van der Waals surface area contributed by atoms with Gasteiger partial charge in [-0.05, 0) is 25.0 Å². The van der Waals surface area contributed by atoms with E-state index in [1.54, 1.807) is 0 Å². The quantitative estimate of drug-likeness (QED) is 0.630. The number of nitrogens with one attached hydrogen (secondary N) is 3. The number of aryl methyl sites for hydroxylation is 1. The van der Waals surface area contributed by atoms with Crippen LogP contribution in [0.5, 0.6) is 5.75 Å². The van der Waals surface area contributed by atoms with E-state index in [0.717, 1.165) is 17.7 Å². The van der Waals surface area contributed by atoms with Crippen molar-refractivity contribution in [2.24, 2.45) is 0 Å². The molecular weight excluding hydrogens is 270 g/mol. The molecule has 0 saturated heterocycles. The van der Waals surface area contributed by atoms with Crippen molar-refractivity contribution in [3.63, 3.8) is 0 Å². The molecule has 1 rings (SSSR count). The summed E-state index contributed by atoms with van der Waals surface area (Å²) in [5.74, 6) is 0.767. The molecule has 6 nitrogen and oxygen atoms in total. The Morgan fingerprint density at radius 3 is 2.43 bits per heavy atom. The third kappa shape index (κ3) is 7.81. The summed E-state index contributed by atoms with van der Waals surface area (Å²) in [5.41, 5.74) is 1.10. The van der Waals surface area contributed by atoms with Crippen molar-refractivity contribution in [1.82, 2.24) is 16.0 Å². The molecule has 21 heavy (non-hydrogen) atoms. The van der Waals surface area contributed by atoms with Gasteiger partial charge >= 0.3 is 6.03 Å². The summed E-state index contributed by atoms with van der Waals surface area (Å²) >= 11 is 0. The third-order valence-electron chi connectivity index (χ3n) is 2.74.